The van der Waals surface area contributed by atoms with Crippen LogP contribution >= 0.6 is 0 Å². The first-order valence-corrected chi connectivity index (χ1v) is 10.7. The zero-order valence-corrected chi connectivity index (χ0v) is 18.1. The largest absolute Gasteiger partial charge is 0.493 e. The van der Waals surface area contributed by atoms with Gasteiger partial charge in [-0.1, -0.05) is 29.8 Å². The predicted molar refractivity (Wildman–Crippen MR) is 118 cm³/mol. The van der Waals surface area contributed by atoms with E-state index in [-0.39, 0.29) is 10.6 Å². The van der Waals surface area contributed by atoms with Crippen molar-refractivity contribution in [2.75, 3.05) is 14.2 Å². The molecule has 6 nitrogen and oxygen atoms in total. The molecule has 31 heavy (non-hydrogen) atoms. The molecule has 0 aliphatic rings. The van der Waals surface area contributed by atoms with Crippen molar-refractivity contribution in [3.63, 3.8) is 0 Å². The fraction of sp³-hybridized carbons (Fsp3) is 0.125. The number of methoxy groups -OCH3 is 2. The van der Waals surface area contributed by atoms with E-state index in [4.69, 9.17) is 13.7 Å². The molecular formula is C24H21NO5S. The second kappa shape index (κ2) is 9.37. The summed E-state index contributed by atoms with van der Waals surface area (Å²) in [6.07, 6.45) is 1.65. The fourth-order valence-electron chi connectivity index (χ4n) is 2.89. The lowest BCUT2D eigenvalue weighted by Gasteiger charge is -2.10. The van der Waals surface area contributed by atoms with Crippen LogP contribution in [0.4, 0.5) is 0 Å². The van der Waals surface area contributed by atoms with Crippen molar-refractivity contribution < 1.29 is 22.1 Å². The third-order valence-corrected chi connectivity index (χ3v) is 5.76. The zero-order chi connectivity index (χ0) is 22.4. The molecule has 0 saturated heterocycles. The number of nitriles is 1. The van der Waals surface area contributed by atoms with Crippen molar-refractivity contribution in [3.8, 4) is 23.3 Å². The van der Waals surface area contributed by atoms with Gasteiger partial charge in [0.25, 0.3) is 0 Å². The van der Waals surface area contributed by atoms with E-state index in [2.05, 4.69) is 6.07 Å². The molecule has 0 unspecified atom stereocenters. The van der Waals surface area contributed by atoms with E-state index in [9.17, 15) is 13.7 Å². The highest BCUT2D eigenvalue weighted by atomic mass is 32.2. The number of ether oxygens (including phenoxy) is 2. The number of benzene rings is 3. The Bertz CT molecular complexity index is 1260. The maximum Gasteiger partial charge on any atom is 0.339 e. The highest BCUT2D eigenvalue weighted by Gasteiger charge is 2.16. The Morgan fingerprint density at radius 2 is 1.65 bits per heavy atom. The summed E-state index contributed by atoms with van der Waals surface area (Å²) in [5, 5.41) is 9.64. The van der Waals surface area contributed by atoms with Gasteiger partial charge in [-0.2, -0.15) is 13.7 Å². The van der Waals surface area contributed by atoms with Crippen LogP contribution < -0.4 is 13.7 Å². The van der Waals surface area contributed by atoms with Gasteiger partial charge >= 0.3 is 10.1 Å². The molecule has 7 heteroatoms. The summed E-state index contributed by atoms with van der Waals surface area (Å²) < 4.78 is 40.9. The molecule has 0 saturated carbocycles. The van der Waals surface area contributed by atoms with E-state index in [1.807, 2.05) is 6.92 Å². The number of hydrogen-bond donors (Lipinski definition) is 0. The van der Waals surface area contributed by atoms with E-state index < -0.39 is 10.1 Å². The molecule has 0 aromatic heterocycles. The summed E-state index contributed by atoms with van der Waals surface area (Å²) in [6.45, 7) is 1.87. The van der Waals surface area contributed by atoms with Gasteiger partial charge in [0.1, 0.15) is 10.6 Å². The van der Waals surface area contributed by atoms with Crippen LogP contribution in [0.15, 0.2) is 71.6 Å². The first kappa shape index (κ1) is 21.9. The van der Waals surface area contributed by atoms with Crippen molar-refractivity contribution in [1.82, 2.24) is 0 Å². The lowest BCUT2D eigenvalue weighted by molar-refractivity contribution is 0.355. The SMILES string of the molecule is COc1ccc(/C(C#N)=C/c2cccc(OS(=O)(=O)c3ccc(C)cc3)c2)cc1OC. The highest BCUT2D eigenvalue weighted by molar-refractivity contribution is 7.87. The molecule has 0 aliphatic carbocycles. The van der Waals surface area contributed by atoms with Gasteiger partial charge in [-0.3, -0.25) is 0 Å². The van der Waals surface area contributed by atoms with Gasteiger partial charge in [0, 0.05) is 0 Å². The van der Waals surface area contributed by atoms with Crippen molar-refractivity contribution in [2.24, 2.45) is 0 Å². The lowest BCUT2D eigenvalue weighted by atomic mass is 10.0. The summed E-state index contributed by atoms with van der Waals surface area (Å²) in [6, 6.07) is 20.3. The van der Waals surface area contributed by atoms with Gasteiger partial charge in [-0.15, -0.1) is 0 Å². The topological polar surface area (TPSA) is 85.6 Å². The predicted octanol–water partition coefficient (Wildman–Crippen LogP) is 4.84. The Balaban J connectivity index is 1.91. The third-order valence-electron chi connectivity index (χ3n) is 4.50. The average molecular weight is 436 g/mol. The second-order valence-corrected chi connectivity index (χ2v) is 8.21. The van der Waals surface area contributed by atoms with Crippen LogP contribution in [0.5, 0.6) is 17.2 Å². The Kier molecular flexibility index (Phi) is 6.63. The molecule has 0 atom stereocenters. The Morgan fingerprint density at radius 3 is 2.29 bits per heavy atom. The molecule has 0 N–H and O–H groups in total. The van der Waals surface area contributed by atoms with Crippen molar-refractivity contribution in [2.45, 2.75) is 11.8 Å². The Hall–Kier alpha value is -3.76. The minimum Gasteiger partial charge on any atom is -0.493 e. The van der Waals surface area contributed by atoms with Crippen LogP contribution in [0.3, 0.4) is 0 Å². The van der Waals surface area contributed by atoms with Crippen LogP contribution in [0.1, 0.15) is 16.7 Å². The number of nitrogens with zero attached hydrogens (tertiary/aromatic N) is 1. The van der Waals surface area contributed by atoms with Gasteiger partial charge in [0.2, 0.25) is 0 Å². The molecule has 0 heterocycles. The van der Waals surface area contributed by atoms with E-state index in [1.165, 1.54) is 26.4 Å². The summed E-state index contributed by atoms with van der Waals surface area (Å²) in [4.78, 5) is 0.0714. The maximum atomic E-state index is 12.5. The van der Waals surface area contributed by atoms with E-state index in [0.29, 0.717) is 28.2 Å². The van der Waals surface area contributed by atoms with Gasteiger partial charge in [0.15, 0.2) is 11.5 Å². The molecule has 0 fully saturated rings. The third kappa shape index (κ3) is 5.24. The summed E-state index contributed by atoms with van der Waals surface area (Å²) in [7, 11) is -0.909. The molecule has 0 bridgehead atoms. The van der Waals surface area contributed by atoms with Crippen molar-refractivity contribution in [1.29, 1.82) is 5.26 Å². The van der Waals surface area contributed by atoms with Gasteiger partial charge in [0.05, 0.1) is 25.9 Å². The summed E-state index contributed by atoms with van der Waals surface area (Å²) >= 11 is 0. The van der Waals surface area contributed by atoms with E-state index in [0.717, 1.165) is 5.56 Å². The van der Waals surface area contributed by atoms with Crippen LogP contribution in [0.25, 0.3) is 11.6 Å². The average Bonchev–Trinajstić information content (AvgIpc) is 2.77. The molecule has 3 aromatic carbocycles. The summed E-state index contributed by atoms with van der Waals surface area (Å²) in [5.74, 6) is 1.21. The van der Waals surface area contributed by atoms with Gasteiger partial charge in [-0.25, -0.2) is 0 Å². The van der Waals surface area contributed by atoms with Crippen LogP contribution in [-0.4, -0.2) is 22.6 Å². The number of aryl methyl sites for hydroxylation is 1. The normalized spacial score (nSPS) is 11.5. The molecule has 0 aliphatic heterocycles. The summed E-state index contributed by atoms with van der Waals surface area (Å²) in [5.41, 5.74) is 2.58. The standard InChI is InChI=1S/C24H21NO5S/c1-17-7-10-22(11-8-17)31(26,27)30-21-6-4-5-18(14-21)13-20(16-25)19-9-12-23(28-2)24(15-19)29-3/h4-15H,1-3H3/b20-13+. The molecule has 3 aromatic rings. The minimum absolute atomic E-state index is 0.0714. The molecule has 3 rings (SSSR count). The first-order valence-electron chi connectivity index (χ1n) is 9.31. The second-order valence-electron chi connectivity index (χ2n) is 6.66. The number of hydrogen-bond acceptors (Lipinski definition) is 6. The number of rotatable bonds is 7. The number of allylic oxidation sites excluding steroid dienone is 1. The molecule has 0 radical (unpaired) electrons. The molecule has 0 amide bonds. The molecule has 158 valence electrons. The van der Waals surface area contributed by atoms with E-state index >= 15 is 0 Å². The van der Waals surface area contributed by atoms with Crippen molar-refractivity contribution in [3.05, 3.63) is 83.4 Å². The van der Waals surface area contributed by atoms with Crippen molar-refractivity contribution >= 4 is 21.8 Å². The maximum absolute atomic E-state index is 12.5. The smallest absolute Gasteiger partial charge is 0.339 e. The van der Waals surface area contributed by atoms with Gasteiger partial charge in [-0.05, 0) is 66.6 Å². The van der Waals surface area contributed by atoms with E-state index in [1.54, 1.807) is 60.7 Å². The Labute approximate surface area is 182 Å². The van der Waals surface area contributed by atoms with Crippen LogP contribution in [-0.2, 0) is 10.1 Å². The molecule has 0 spiro atoms. The lowest BCUT2D eigenvalue weighted by Crippen LogP contribution is -2.09. The quantitative estimate of drug-likeness (QED) is 0.300. The Morgan fingerprint density at radius 1 is 0.935 bits per heavy atom. The van der Waals surface area contributed by atoms with Crippen LogP contribution in [0.2, 0.25) is 0 Å². The van der Waals surface area contributed by atoms with Gasteiger partial charge < -0.3 is 13.7 Å². The highest BCUT2D eigenvalue weighted by Crippen LogP contribution is 2.31. The molecular weight excluding hydrogens is 414 g/mol. The zero-order valence-electron chi connectivity index (χ0n) is 17.3. The fourth-order valence-corrected chi connectivity index (χ4v) is 3.81. The monoisotopic (exact) mass is 435 g/mol. The van der Waals surface area contributed by atoms with Crippen LogP contribution in [0, 0.1) is 18.3 Å². The minimum atomic E-state index is -3.97. The first-order chi connectivity index (χ1) is 14.9.